The van der Waals surface area contributed by atoms with Crippen molar-refractivity contribution in [1.82, 2.24) is 20.4 Å². The topological polar surface area (TPSA) is 95.6 Å². The van der Waals surface area contributed by atoms with E-state index in [4.69, 9.17) is 0 Å². The van der Waals surface area contributed by atoms with Gasteiger partial charge in [-0.15, -0.1) is 10.2 Å². The number of hydrogen-bond acceptors (Lipinski definition) is 6. The first-order chi connectivity index (χ1) is 13.1. The fraction of sp³-hybridized carbons (Fsp3) is 0.167. The quantitative estimate of drug-likeness (QED) is 0.456. The molecule has 0 aliphatic carbocycles. The summed E-state index contributed by atoms with van der Waals surface area (Å²) in [7, 11) is -1.10. The van der Waals surface area contributed by atoms with Crippen LogP contribution in [0.1, 0.15) is 23.4 Å². The molecule has 3 N–H and O–H groups in total. The molecule has 0 amide bonds. The minimum atomic E-state index is -1.10. The van der Waals surface area contributed by atoms with Gasteiger partial charge in [0.15, 0.2) is 0 Å². The molecule has 9 heteroatoms. The molecule has 2 aromatic carbocycles. The summed E-state index contributed by atoms with van der Waals surface area (Å²) in [5, 5.41) is 21.6. The standard InChI is InChI=1S/C18H18N6OS2/c1-11(12-4-3-5-15(8-12)24-27(2)25)17-22-23-18(26-17)20-14-6-7-16-13(9-14)10-19-21-16/h3-11,24H,1-2H3,(H,19,21)(H,20,23). The van der Waals surface area contributed by atoms with Gasteiger partial charge in [0.2, 0.25) is 5.13 Å². The number of aromatic nitrogens is 4. The molecule has 0 bridgehead atoms. The van der Waals surface area contributed by atoms with Crippen molar-refractivity contribution in [3.8, 4) is 0 Å². The van der Waals surface area contributed by atoms with Crippen LogP contribution in [0.15, 0.2) is 48.7 Å². The van der Waals surface area contributed by atoms with E-state index in [0.717, 1.165) is 38.0 Å². The SMILES string of the molecule is CC(c1cccc(NS(C)=O)c1)c1nnc(Nc2ccc3[nH]ncc3c2)s1. The molecule has 0 saturated carbocycles. The predicted molar refractivity (Wildman–Crippen MR) is 111 cm³/mol. The summed E-state index contributed by atoms with van der Waals surface area (Å²) in [4.78, 5) is 0. The fourth-order valence-corrected chi connectivity index (χ4v) is 4.09. The molecule has 0 aliphatic heterocycles. The highest BCUT2D eigenvalue weighted by molar-refractivity contribution is 7.85. The summed E-state index contributed by atoms with van der Waals surface area (Å²) >= 11 is 1.52. The largest absolute Gasteiger partial charge is 0.330 e. The zero-order chi connectivity index (χ0) is 18.8. The van der Waals surface area contributed by atoms with Gasteiger partial charge >= 0.3 is 0 Å². The van der Waals surface area contributed by atoms with Crippen molar-refractivity contribution in [3.05, 3.63) is 59.2 Å². The van der Waals surface area contributed by atoms with E-state index in [1.165, 1.54) is 11.3 Å². The summed E-state index contributed by atoms with van der Waals surface area (Å²) in [6.45, 7) is 2.09. The van der Waals surface area contributed by atoms with Crippen LogP contribution in [0.2, 0.25) is 0 Å². The third-order valence-electron chi connectivity index (χ3n) is 4.15. The number of nitrogens with one attached hydrogen (secondary N) is 3. The smallest absolute Gasteiger partial charge is 0.210 e. The number of nitrogens with zero attached hydrogens (tertiary/aromatic N) is 3. The van der Waals surface area contributed by atoms with Crippen molar-refractivity contribution in [1.29, 1.82) is 0 Å². The van der Waals surface area contributed by atoms with Crippen LogP contribution in [-0.2, 0) is 11.0 Å². The minimum absolute atomic E-state index is 0.0847. The van der Waals surface area contributed by atoms with Crippen molar-refractivity contribution >= 4 is 49.7 Å². The first-order valence-corrected chi connectivity index (χ1v) is 10.7. The van der Waals surface area contributed by atoms with Gasteiger partial charge in [0.05, 0.1) is 11.7 Å². The van der Waals surface area contributed by atoms with E-state index in [0.29, 0.717) is 0 Å². The van der Waals surface area contributed by atoms with Crippen LogP contribution in [0.5, 0.6) is 0 Å². The van der Waals surface area contributed by atoms with Crippen molar-refractivity contribution < 1.29 is 4.21 Å². The third kappa shape index (κ3) is 3.99. The number of H-pyrrole nitrogens is 1. The van der Waals surface area contributed by atoms with Gasteiger partial charge in [0.25, 0.3) is 0 Å². The molecule has 2 unspecified atom stereocenters. The van der Waals surface area contributed by atoms with Gasteiger partial charge in [-0.05, 0) is 35.9 Å². The normalized spacial score (nSPS) is 13.4. The summed E-state index contributed by atoms with van der Waals surface area (Å²) in [6.07, 6.45) is 3.40. The van der Waals surface area contributed by atoms with Gasteiger partial charge in [-0.25, -0.2) is 4.21 Å². The molecule has 0 fully saturated rings. The Kier molecular flexibility index (Phi) is 4.87. The Morgan fingerprint density at radius 3 is 2.89 bits per heavy atom. The number of fused-ring (bicyclic) bond motifs is 1. The zero-order valence-electron chi connectivity index (χ0n) is 14.8. The van der Waals surface area contributed by atoms with Crippen LogP contribution in [0.25, 0.3) is 10.9 Å². The number of hydrogen-bond donors (Lipinski definition) is 3. The number of aromatic amines is 1. The van der Waals surface area contributed by atoms with E-state index in [1.807, 2.05) is 42.5 Å². The molecule has 4 rings (SSSR count). The maximum absolute atomic E-state index is 11.4. The van der Waals surface area contributed by atoms with Gasteiger partial charge in [-0.2, -0.15) is 5.10 Å². The molecule has 0 spiro atoms. The lowest BCUT2D eigenvalue weighted by Crippen LogP contribution is -2.02. The number of benzene rings is 2. The van der Waals surface area contributed by atoms with Gasteiger partial charge in [-0.3, -0.25) is 5.10 Å². The Balaban J connectivity index is 1.52. The first-order valence-electron chi connectivity index (χ1n) is 8.32. The minimum Gasteiger partial charge on any atom is -0.330 e. The molecule has 4 aromatic rings. The Labute approximate surface area is 162 Å². The van der Waals surface area contributed by atoms with Crippen molar-refractivity contribution in [3.63, 3.8) is 0 Å². The second-order valence-corrected chi connectivity index (χ2v) is 8.27. The molecular formula is C18H18N6OS2. The van der Waals surface area contributed by atoms with Crippen molar-refractivity contribution in [2.45, 2.75) is 12.8 Å². The maximum Gasteiger partial charge on any atom is 0.210 e. The molecule has 0 radical (unpaired) electrons. The van der Waals surface area contributed by atoms with Gasteiger partial charge in [0.1, 0.15) is 16.0 Å². The van der Waals surface area contributed by atoms with Crippen LogP contribution >= 0.6 is 11.3 Å². The highest BCUT2D eigenvalue weighted by Crippen LogP contribution is 2.31. The lowest BCUT2D eigenvalue weighted by Gasteiger charge is -2.10. The Morgan fingerprint density at radius 2 is 2.04 bits per heavy atom. The summed E-state index contributed by atoms with van der Waals surface area (Å²) in [6, 6.07) is 13.8. The molecule has 138 valence electrons. The average molecular weight is 399 g/mol. The summed E-state index contributed by atoms with van der Waals surface area (Å²) in [5.74, 6) is 0.0847. The van der Waals surface area contributed by atoms with E-state index in [2.05, 4.69) is 37.4 Å². The van der Waals surface area contributed by atoms with E-state index in [-0.39, 0.29) is 5.92 Å². The van der Waals surface area contributed by atoms with Crippen LogP contribution in [0, 0.1) is 0 Å². The molecular weight excluding hydrogens is 380 g/mol. The molecule has 2 heterocycles. The Morgan fingerprint density at radius 1 is 1.15 bits per heavy atom. The van der Waals surface area contributed by atoms with Crippen LogP contribution in [0.3, 0.4) is 0 Å². The number of anilines is 3. The molecule has 2 atom stereocenters. The van der Waals surface area contributed by atoms with E-state index in [1.54, 1.807) is 12.5 Å². The maximum atomic E-state index is 11.4. The predicted octanol–water partition coefficient (Wildman–Crippen LogP) is 4.02. The highest BCUT2D eigenvalue weighted by Gasteiger charge is 2.15. The lowest BCUT2D eigenvalue weighted by molar-refractivity contribution is 0.690. The monoisotopic (exact) mass is 398 g/mol. The fourth-order valence-electron chi connectivity index (χ4n) is 2.78. The average Bonchev–Trinajstić information content (AvgIpc) is 3.30. The molecule has 0 saturated heterocycles. The Hall–Kier alpha value is -2.78. The van der Waals surface area contributed by atoms with Gasteiger partial charge < -0.3 is 10.0 Å². The molecule has 2 aromatic heterocycles. The van der Waals surface area contributed by atoms with E-state index >= 15 is 0 Å². The molecule has 0 aliphatic rings. The second kappa shape index (κ2) is 7.45. The second-order valence-electron chi connectivity index (χ2n) is 6.15. The van der Waals surface area contributed by atoms with Crippen LogP contribution in [0.4, 0.5) is 16.5 Å². The van der Waals surface area contributed by atoms with E-state index in [9.17, 15) is 4.21 Å². The van der Waals surface area contributed by atoms with Crippen molar-refractivity contribution in [2.75, 3.05) is 16.3 Å². The number of rotatable bonds is 6. The van der Waals surface area contributed by atoms with Crippen LogP contribution in [-0.4, -0.2) is 30.9 Å². The van der Waals surface area contributed by atoms with Crippen molar-refractivity contribution in [2.24, 2.45) is 0 Å². The molecule has 7 nitrogen and oxygen atoms in total. The zero-order valence-corrected chi connectivity index (χ0v) is 16.4. The summed E-state index contributed by atoms with van der Waals surface area (Å²) < 4.78 is 14.3. The van der Waals surface area contributed by atoms with Gasteiger partial charge in [-0.1, -0.05) is 30.4 Å². The summed E-state index contributed by atoms with van der Waals surface area (Å²) in [5.41, 5.74) is 3.86. The van der Waals surface area contributed by atoms with Crippen LogP contribution < -0.4 is 10.0 Å². The van der Waals surface area contributed by atoms with Gasteiger partial charge in [0, 0.05) is 28.9 Å². The lowest BCUT2D eigenvalue weighted by atomic mass is 10.0. The third-order valence-corrected chi connectivity index (χ3v) is 5.70. The Bertz CT molecular complexity index is 1110. The highest BCUT2D eigenvalue weighted by atomic mass is 32.2. The first kappa shape index (κ1) is 17.6. The van der Waals surface area contributed by atoms with E-state index < -0.39 is 11.0 Å². The molecule has 27 heavy (non-hydrogen) atoms.